The van der Waals surface area contributed by atoms with Crippen molar-refractivity contribution < 1.29 is 4.79 Å². The van der Waals surface area contributed by atoms with Gasteiger partial charge in [0, 0.05) is 11.6 Å². The van der Waals surface area contributed by atoms with Gasteiger partial charge in [-0.05, 0) is 25.7 Å². The zero-order valence-electron chi connectivity index (χ0n) is 11.9. The molecule has 0 fully saturated rings. The fourth-order valence-corrected chi connectivity index (χ4v) is 2.09. The molecule has 16 heavy (non-hydrogen) atoms. The van der Waals surface area contributed by atoms with Gasteiger partial charge in [0.1, 0.15) is 0 Å². The largest absolute Gasteiger partial charge is 0.350 e. The summed E-state index contributed by atoms with van der Waals surface area (Å²) in [5.41, 5.74) is 0.0796. The van der Waals surface area contributed by atoms with Gasteiger partial charge >= 0.3 is 0 Å². The number of rotatable bonds is 5. The van der Waals surface area contributed by atoms with Gasteiger partial charge < -0.3 is 10.6 Å². The molecular formula is C13H28N2O. The highest BCUT2D eigenvalue weighted by atomic mass is 16.2. The first-order valence-corrected chi connectivity index (χ1v) is 6.06. The van der Waals surface area contributed by atoms with E-state index >= 15 is 0 Å². The molecule has 0 rings (SSSR count). The second-order valence-corrected chi connectivity index (χ2v) is 6.71. The second kappa shape index (κ2) is 5.67. The van der Waals surface area contributed by atoms with E-state index in [9.17, 15) is 4.79 Å². The second-order valence-electron chi connectivity index (χ2n) is 6.71. The zero-order chi connectivity index (χ0) is 13.0. The number of hydrogen-bond donors (Lipinski definition) is 2. The predicted molar refractivity (Wildman–Crippen MR) is 69.4 cm³/mol. The topological polar surface area (TPSA) is 41.1 Å². The summed E-state index contributed by atoms with van der Waals surface area (Å²) < 4.78 is 0. The fraction of sp³-hybridized carbons (Fsp3) is 0.923. The van der Waals surface area contributed by atoms with E-state index < -0.39 is 0 Å². The van der Waals surface area contributed by atoms with Crippen LogP contribution in [0.5, 0.6) is 0 Å². The summed E-state index contributed by atoms with van der Waals surface area (Å²) in [7, 11) is 0. The van der Waals surface area contributed by atoms with Crippen LogP contribution in [0.3, 0.4) is 0 Å². The lowest BCUT2D eigenvalue weighted by Gasteiger charge is -2.33. The molecule has 3 heteroatoms. The molecule has 96 valence electrons. The molecule has 0 aliphatic rings. The minimum absolute atomic E-state index is 0.0722. The molecule has 0 radical (unpaired) electrons. The van der Waals surface area contributed by atoms with Gasteiger partial charge in [0.2, 0.25) is 5.91 Å². The summed E-state index contributed by atoms with van der Waals surface area (Å²) in [6.45, 7) is 15.2. The maximum absolute atomic E-state index is 11.7. The summed E-state index contributed by atoms with van der Waals surface area (Å²) in [4.78, 5) is 11.7. The zero-order valence-corrected chi connectivity index (χ0v) is 11.9. The van der Waals surface area contributed by atoms with Gasteiger partial charge in [0.05, 0.1) is 6.54 Å². The summed E-state index contributed by atoms with van der Waals surface area (Å²) >= 11 is 0. The van der Waals surface area contributed by atoms with Crippen LogP contribution < -0.4 is 10.6 Å². The van der Waals surface area contributed by atoms with Crippen LogP contribution in [0.1, 0.15) is 54.9 Å². The van der Waals surface area contributed by atoms with Crippen molar-refractivity contribution in [2.45, 2.75) is 66.5 Å². The fourth-order valence-electron chi connectivity index (χ4n) is 2.09. The lowest BCUT2D eigenvalue weighted by atomic mass is 9.82. The highest BCUT2D eigenvalue weighted by molar-refractivity contribution is 5.78. The molecule has 3 nitrogen and oxygen atoms in total. The quantitative estimate of drug-likeness (QED) is 0.758. The standard InChI is InChI=1S/C13H28N2O/c1-10(2)14-8-11(16)15-13(6,7)9-12(3,4)5/h10,14H,8-9H2,1-7H3,(H,15,16). The molecule has 0 aromatic heterocycles. The van der Waals surface area contributed by atoms with Crippen molar-refractivity contribution >= 4 is 5.91 Å². The molecule has 0 bridgehead atoms. The third-order valence-corrected chi connectivity index (χ3v) is 2.12. The number of carbonyl (C=O) groups is 1. The van der Waals surface area contributed by atoms with Gasteiger partial charge in [0.25, 0.3) is 0 Å². The highest BCUT2D eigenvalue weighted by Gasteiger charge is 2.26. The molecule has 0 saturated carbocycles. The summed E-state index contributed by atoms with van der Waals surface area (Å²) in [6.07, 6.45) is 0.966. The van der Waals surface area contributed by atoms with Gasteiger partial charge in [-0.3, -0.25) is 4.79 Å². The van der Waals surface area contributed by atoms with E-state index in [2.05, 4.69) is 45.3 Å². The van der Waals surface area contributed by atoms with Crippen molar-refractivity contribution in [1.29, 1.82) is 0 Å². The monoisotopic (exact) mass is 228 g/mol. The molecule has 0 atom stereocenters. The normalized spacial score (nSPS) is 13.0. The van der Waals surface area contributed by atoms with Crippen molar-refractivity contribution in [3.05, 3.63) is 0 Å². The van der Waals surface area contributed by atoms with Gasteiger partial charge in [-0.15, -0.1) is 0 Å². The minimum atomic E-state index is -0.145. The SMILES string of the molecule is CC(C)NCC(=O)NC(C)(C)CC(C)(C)C. The van der Waals surface area contributed by atoms with Crippen molar-refractivity contribution in [2.24, 2.45) is 5.41 Å². The molecule has 0 unspecified atom stereocenters. The van der Waals surface area contributed by atoms with Crippen LogP contribution in [-0.2, 0) is 4.79 Å². The molecule has 2 N–H and O–H groups in total. The number of amides is 1. The highest BCUT2D eigenvalue weighted by Crippen LogP contribution is 2.26. The van der Waals surface area contributed by atoms with Crippen LogP contribution in [0.25, 0.3) is 0 Å². The van der Waals surface area contributed by atoms with Crippen LogP contribution in [0.4, 0.5) is 0 Å². The van der Waals surface area contributed by atoms with Crippen LogP contribution in [0.15, 0.2) is 0 Å². The molecule has 0 saturated heterocycles. The number of carbonyl (C=O) groups excluding carboxylic acids is 1. The van der Waals surface area contributed by atoms with Crippen LogP contribution in [0.2, 0.25) is 0 Å². The van der Waals surface area contributed by atoms with E-state index in [0.717, 1.165) is 6.42 Å². The first kappa shape index (κ1) is 15.4. The Bertz CT molecular complexity index is 227. The van der Waals surface area contributed by atoms with Gasteiger partial charge in [-0.1, -0.05) is 34.6 Å². The average Bonchev–Trinajstić information content (AvgIpc) is 1.94. The molecule has 0 heterocycles. The molecule has 0 aromatic carbocycles. The number of nitrogens with one attached hydrogen (secondary N) is 2. The van der Waals surface area contributed by atoms with E-state index in [0.29, 0.717) is 12.6 Å². The Kier molecular flexibility index (Phi) is 5.47. The Hall–Kier alpha value is -0.570. The Labute approximate surface area is 100 Å². The Morgan fingerprint density at radius 1 is 1.12 bits per heavy atom. The summed E-state index contributed by atoms with van der Waals surface area (Å²) in [6, 6.07) is 0.344. The van der Waals surface area contributed by atoms with E-state index in [1.54, 1.807) is 0 Å². The predicted octanol–water partition coefficient (Wildman–Crippen LogP) is 2.32. The Morgan fingerprint density at radius 2 is 1.62 bits per heavy atom. The van der Waals surface area contributed by atoms with E-state index in [-0.39, 0.29) is 16.9 Å². The molecule has 0 spiro atoms. The summed E-state index contributed by atoms with van der Waals surface area (Å²) in [5, 5.41) is 6.19. The van der Waals surface area contributed by atoms with E-state index in [1.165, 1.54) is 0 Å². The molecular weight excluding hydrogens is 200 g/mol. The average molecular weight is 228 g/mol. The van der Waals surface area contributed by atoms with Crippen LogP contribution >= 0.6 is 0 Å². The van der Waals surface area contributed by atoms with E-state index in [1.807, 2.05) is 13.8 Å². The molecule has 0 aliphatic heterocycles. The smallest absolute Gasteiger partial charge is 0.234 e. The first-order valence-electron chi connectivity index (χ1n) is 6.06. The van der Waals surface area contributed by atoms with Crippen LogP contribution in [0, 0.1) is 5.41 Å². The Balaban J connectivity index is 4.10. The van der Waals surface area contributed by atoms with Crippen molar-refractivity contribution in [2.75, 3.05) is 6.54 Å². The van der Waals surface area contributed by atoms with Gasteiger partial charge in [-0.25, -0.2) is 0 Å². The lowest BCUT2D eigenvalue weighted by molar-refractivity contribution is -0.122. The van der Waals surface area contributed by atoms with E-state index in [4.69, 9.17) is 0 Å². The van der Waals surface area contributed by atoms with Crippen molar-refractivity contribution in [1.82, 2.24) is 10.6 Å². The van der Waals surface area contributed by atoms with Crippen LogP contribution in [-0.4, -0.2) is 24.0 Å². The first-order chi connectivity index (χ1) is 7.02. The van der Waals surface area contributed by atoms with Crippen molar-refractivity contribution in [3.8, 4) is 0 Å². The van der Waals surface area contributed by atoms with Crippen molar-refractivity contribution in [3.63, 3.8) is 0 Å². The third-order valence-electron chi connectivity index (χ3n) is 2.12. The molecule has 0 aromatic rings. The number of hydrogen-bond acceptors (Lipinski definition) is 2. The van der Waals surface area contributed by atoms with Gasteiger partial charge in [0.15, 0.2) is 0 Å². The maximum atomic E-state index is 11.7. The van der Waals surface area contributed by atoms with Gasteiger partial charge in [-0.2, -0.15) is 0 Å². The lowest BCUT2D eigenvalue weighted by Crippen LogP contribution is -2.49. The minimum Gasteiger partial charge on any atom is -0.350 e. The molecule has 1 amide bonds. The third kappa shape index (κ3) is 8.72. The summed E-state index contributed by atoms with van der Waals surface area (Å²) in [5.74, 6) is 0.0722. The molecule has 0 aliphatic carbocycles. The maximum Gasteiger partial charge on any atom is 0.234 e. The Morgan fingerprint density at radius 3 is 2.00 bits per heavy atom.